The van der Waals surface area contributed by atoms with E-state index in [0.29, 0.717) is 6.42 Å². The van der Waals surface area contributed by atoms with Crippen LogP contribution in [0.1, 0.15) is 99.9 Å². The van der Waals surface area contributed by atoms with Crippen molar-refractivity contribution >= 4 is 34.5 Å². The van der Waals surface area contributed by atoms with E-state index < -0.39 is 11.9 Å². The molecule has 0 aliphatic rings. The van der Waals surface area contributed by atoms with Gasteiger partial charge in [-0.1, -0.05) is 98.9 Å². The number of hydrogen-bond donors (Lipinski definition) is 1. The number of unbranched alkanes of at least 4 members (excludes halogenated alkanes) is 11. The average molecular weight is 502 g/mol. The maximum atomic E-state index is 11.6. The van der Waals surface area contributed by atoms with Crippen molar-refractivity contribution in [2.45, 2.75) is 90.4 Å². The molecule has 0 fully saturated rings. The van der Waals surface area contributed by atoms with E-state index in [1.54, 1.807) is 6.07 Å². The number of halogens is 1. The largest absolute Gasteiger partial charge is 0.478 e. The zero-order valence-electron chi connectivity index (χ0n) is 17.2. The molecular formula is C23H35IO4. The molecule has 0 atom stereocenters. The van der Waals surface area contributed by atoms with Crippen molar-refractivity contribution < 1.29 is 19.4 Å². The second-order valence-corrected chi connectivity index (χ2v) is 8.45. The molecule has 1 aromatic carbocycles. The number of esters is 1. The molecule has 0 spiro atoms. The van der Waals surface area contributed by atoms with Crippen LogP contribution < -0.4 is 4.74 Å². The van der Waals surface area contributed by atoms with Crippen LogP contribution in [-0.4, -0.2) is 21.5 Å². The van der Waals surface area contributed by atoms with E-state index in [9.17, 15) is 14.7 Å². The van der Waals surface area contributed by atoms with Gasteiger partial charge in [0, 0.05) is 6.92 Å². The number of aromatic carboxylic acids is 1. The number of aryl methyl sites for hydroxylation is 1. The van der Waals surface area contributed by atoms with Crippen molar-refractivity contribution in [2.75, 3.05) is 4.43 Å². The third-order valence-electron chi connectivity index (χ3n) is 4.91. The zero-order chi connectivity index (χ0) is 20.6. The van der Waals surface area contributed by atoms with E-state index in [1.165, 1.54) is 81.6 Å². The number of benzene rings is 1. The van der Waals surface area contributed by atoms with Gasteiger partial charge >= 0.3 is 11.9 Å². The van der Waals surface area contributed by atoms with Crippen LogP contribution in [0.5, 0.6) is 5.75 Å². The number of carbonyl (C=O) groups excluding carboxylic acids is 1. The molecule has 1 rings (SSSR count). The first-order valence-corrected chi connectivity index (χ1v) is 12.2. The minimum Gasteiger partial charge on any atom is -0.478 e. The Morgan fingerprint density at radius 1 is 0.857 bits per heavy atom. The second kappa shape index (κ2) is 15.8. The highest BCUT2D eigenvalue weighted by Gasteiger charge is 2.17. The molecule has 1 N–H and O–H groups in total. The number of ether oxygens (including phenoxy) is 1. The Hall–Kier alpha value is -1.11. The lowest BCUT2D eigenvalue weighted by molar-refractivity contribution is -0.131. The van der Waals surface area contributed by atoms with E-state index in [2.05, 4.69) is 22.6 Å². The van der Waals surface area contributed by atoms with Gasteiger partial charge in [0.1, 0.15) is 11.3 Å². The number of carboxylic acid groups (broad SMARTS) is 1. The normalized spacial score (nSPS) is 10.8. The highest BCUT2D eigenvalue weighted by Crippen LogP contribution is 2.24. The Bertz CT molecular complexity index is 586. The number of hydrogen-bond acceptors (Lipinski definition) is 3. The van der Waals surface area contributed by atoms with E-state index in [0.717, 1.165) is 18.4 Å². The van der Waals surface area contributed by atoms with Gasteiger partial charge in [-0.05, 0) is 35.3 Å². The predicted octanol–water partition coefficient (Wildman–Crippen LogP) is 6.97. The van der Waals surface area contributed by atoms with Crippen LogP contribution in [0.2, 0.25) is 0 Å². The van der Waals surface area contributed by atoms with Crippen LogP contribution in [0.25, 0.3) is 0 Å². The molecule has 0 bridgehead atoms. The number of carboxylic acids is 1. The molecular weight excluding hydrogens is 467 g/mol. The lowest BCUT2D eigenvalue weighted by atomic mass is 9.99. The average Bonchev–Trinajstić information content (AvgIpc) is 2.65. The van der Waals surface area contributed by atoms with Crippen LogP contribution in [0.4, 0.5) is 0 Å². The minimum atomic E-state index is -1.04. The molecule has 0 aliphatic carbocycles. The van der Waals surface area contributed by atoms with Gasteiger partial charge in [0.25, 0.3) is 0 Å². The fourth-order valence-electron chi connectivity index (χ4n) is 3.45. The van der Waals surface area contributed by atoms with Crippen molar-refractivity contribution in [3.8, 4) is 5.75 Å². The minimum absolute atomic E-state index is 0.121. The van der Waals surface area contributed by atoms with Crippen LogP contribution in [-0.2, 0) is 11.2 Å². The quantitative estimate of drug-likeness (QED) is 0.0872. The molecule has 28 heavy (non-hydrogen) atoms. The highest BCUT2D eigenvalue weighted by molar-refractivity contribution is 14.1. The summed E-state index contributed by atoms with van der Waals surface area (Å²) in [5, 5.41) is 9.47. The third kappa shape index (κ3) is 11.0. The fraction of sp³-hybridized carbons (Fsp3) is 0.652. The maximum absolute atomic E-state index is 11.6. The van der Waals surface area contributed by atoms with E-state index >= 15 is 0 Å². The van der Waals surface area contributed by atoms with Crippen molar-refractivity contribution in [2.24, 2.45) is 0 Å². The molecule has 158 valence electrons. The summed E-state index contributed by atoms with van der Waals surface area (Å²) in [6.07, 6.45) is 16.1. The maximum Gasteiger partial charge on any atom is 0.339 e. The first kappa shape index (κ1) is 24.9. The topological polar surface area (TPSA) is 63.6 Å². The molecule has 0 aromatic heterocycles. The summed E-state index contributed by atoms with van der Waals surface area (Å²) in [5.74, 6) is -1.40. The lowest BCUT2D eigenvalue weighted by Crippen LogP contribution is -2.10. The van der Waals surface area contributed by atoms with Crippen molar-refractivity contribution in [1.29, 1.82) is 0 Å². The second-order valence-electron chi connectivity index (χ2n) is 7.37. The van der Waals surface area contributed by atoms with E-state index in [-0.39, 0.29) is 11.3 Å². The first-order chi connectivity index (χ1) is 13.6. The van der Waals surface area contributed by atoms with Gasteiger partial charge in [-0.25, -0.2) is 4.79 Å². The summed E-state index contributed by atoms with van der Waals surface area (Å²) < 4.78 is 6.33. The Kier molecular flexibility index (Phi) is 14.0. The molecule has 0 saturated heterocycles. The Balaban J connectivity index is 2.18. The van der Waals surface area contributed by atoms with Gasteiger partial charge in [0.05, 0.1) is 0 Å². The molecule has 0 radical (unpaired) electrons. The molecule has 0 aliphatic heterocycles. The predicted molar refractivity (Wildman–Crippen MR) is 123 cm³/mol. The Morgan fingerprint density at radius 3 is 1.82 bits per heavy atom. The van der Waals surface area contributed by atoms with Crippen LogP contribution in [0.15, 0.2) is 18.2 Å². The summed E-state index contributed by atoms with van der Waals surface area (Å²) in [5.41, 5.74) is 0.866. The molecule has 4 nitrogen and oxygen atoms in total. The highest BCUT2D eigenvalue weighted by atomic mass is 127. The van der Waals surface area contributed by atoms with Crippen LogP contribution in [0.3, 0.4) is 0 Å². The monoisotopic (exact) mass is 502 g/mol. The van der Waals surface area contributed by atoms with Crippen LogP contribution >= 0.6 is 22.6 Å². The molecule has 1 aromatic rings. The van der Waals surface area contributed by atoms with Crippen molar-refractivity contribution in [1.82, 2.24) is 0 Å². The fourth-order valence-corrected chi connectivity index (χ4v) is 3.98. The number of carbonyl (C=O) groups is 2. The van der Waals surface area contributed by atoms with E-state index in [4.69, 9.17) is 4.74 Å². The molecule has 0 saturated carbocycles. The van der Waals surface area contributed by atoms with Crippen molar-refractivity contribution in [3.63, 3.8) is 0 Å². The van der Waals surface area contributed by atoms with Crippen molar-refractivity contribution in [3.05, 3.63) is 29.3 Å². The van der Waals surface area contributed by atoms with Gasteiger partial charge in [0.2, 0.25) is 0 Å². The molecule has 0 amide bonds. The molecule has 5 heteroatoms. The number of alkyl halides is 1. The summed E-state index contributed by atoms with van der Waals surface area (Å²) in [7, 11) is 0. The Morgan fingerprint density at radius 2 is 1.36 bits per heavy atom. The SMILES string of the molecule is CC(=O)Oc1cccc(CCCCCCCCCCCCCCI)c1C(=O)O. The lowest BCUT2D eigenvalue weighted by Gasteiger charge is -2.11. The zero-order valence-corrected chi connectivity index (χ0v) is 19.3. The summed E-state index contributed by atoms with van der Waals surface area (Å²) in [6, 6.07) is 5.11. The van der Waals surface area contributed by atoms with Gasteiger partial charge in [-0.3, -0.25) is 4.79 Å². The third-order valence-corrected chi connectivity index (χ3v) is 5.67. The standard InChI is InChI=1S/C23H35IO4/c1-19(25)28-21-17-14-16-20(22(21)23(26)27)15-12-10-8-6-4-2-3-5-7-9-11-13-18-24/h14,16-17H,2-13,15,18H2,1H3,(H,26,27). The summed E-state index contributed by atoms with van der Waals surface area (Å²) in [6.45, 7) is 1.28. The smallest absolute Gasteiger partial charge is 0.339 e. The first-order valence-electron chi connectivity index (χ1n) is 10.7. The Labute approximate surface area is 183 Å². The summed E-state index contributed by atoms with van der Waals surface area (Å²) in [4.78, 5) is 22.7. The van der Waals surface area contributed by atoms with Gasteiger partial charge in [-0.2, -0.15) is 0 Å². The van der Waals surface area contributed by atoms with Gasteiger partial charge < -0.3 is 9.84 Å². The summed E-state index contributed by atoms with van der Waals surface area (Å²) >= 11 is 2.45. The number of rotatable bonds is 16. The van der Waals surface area contributed by atoms with Gasteiger partial charge in [0.15, 0.2) is 0 Å². The van der Waals surface area contributed by atoms with Gasteiger partial charge in [-0.15, -0.1) is 0 Å². The molecule has 0 heterocycles. The van der Waals surface area contributed by atoms with E-state index in [1.807, 2.05) is 6.07 Å². The van der Waals surface area contributed by atoms with Crippen LogP contribution in [0, 0.1) is 0 Å². The molecule has 0 unspecified atom stereocenters.